The van der Waals surface area contributed by atoms with E-state index in [4.69, 9.17) is 4.74 Å². The third-order valence-electron chi connectivity index (χ3n) is 3.08. The van der Waals surface area contributed by atoms with Gasteiger partial charge in [-0.25, -0.2) is 0 Å². The second-order valence-electron chi connectivity index (χ2n) is 4.78. The maximum absolute atomic E-state index is 11.3. The van der Waals surface area contributed by atoms with Gasteiger partial charge >= 0.3 is 0 Å². The van der Waals surface area contributed by atoms with E-state index >= 15 is 0 Å². The predicted molar refractivity (Wildman–Crippen MR) is 49.5 cm³/mol. The zero-order valence-electron chi connectivity index (χ0n) is 8.46. The van der Waals surface area contributed by atoms with Crippen LogP contribution >= 0.6 is 0 Å². The van der Waals surface area contributed by atoms with Gasteiger partial charge in [0.1, 0.15) is 5.78 Å². The molecule has 0 amide bonds. The summed E-state index contributed by atoms with van der Waals surface area (Å²) in [6.07, 6.45) is 1.25. The lowest BCUT2D eigenvalue weighted by Gasteiger charge is -2.20. The van der Waals surface area contributed by atoms with Gasteiger partial charge in [0, 0.05) is 12.5 Å². The molecule has 13 heavy (non-hydrogen) atoms. The molecular formula is C10H17NO2. The van der Waals surface area contributed by atoms with Crippen LogP contribution < -0.4 is 5.32 Å². The normalized spacial score (nSPS) is 41.9. The summed E-state index contributed by atoms with van der Waals surface area (Å²) in [6.45, 7) is 6.69. The highest BCUT2D eigenvalue weighted by Crippen LogP contribution is 2.39. The van der Waals surface area contributed by atoms with E-state index in [0.717, 1.165) is 13.0 Å². The Kier molecular flexibility index (Phi) is 1.96. The van der Waals surface area contributed by atoms with Gasteiger partial charge < -0.3 is 10.1 Å². The molecule has 2 saturated heterocycles. The van der Waals surface area contributed by atoms with Crippen LogP contribution in [0.4, 0.5) is 0 Å². The van der Waals surface area contributed by atoms with Crippen LogP contribution in [0.25, 0.3) is 0 Å². The molecule has 0 aromatic heterocycles. The molecule has 0 bridgehead atoms. The molecular weight excluding hydrogens is 166 g/mol. The highest BCUT2D eigenvalue weighted by Gasteiger charge is 2.48. The van der Waals surface area contributed by atoms with E-state index in [1.807, 2.05) is 0 Å². The highest BCUT2D eigenvalue weighted by molar-refractivity contribution is 5.82. The number of carbonyl (C=O) groups is 1. The van der Waals surface area contributed by atoms with Gasteiger partial charge in [0.2, 0.25) is 0 Å². The number of ketones is 1. The summed E-state index contributed by atoms with van der Waals surface area (Å²) in [7, 11) is 0. The third kappa shape index (κ3) is 1.51. The van der Waals surface area contributed by atoms with Gasteiger partial charge in [0.05, 0.1) is 17.7 Å². The minimum absolute atomic E-state index is 0.0341. The van der Waals surface area contributed by atoms with E-state index in [9.17, 15) is 4.79 Å². The van der Waals surface area contributed by atoms with Gasteiger partial charge in [-0.05, 0) is 27.2 Å². The van der Waals surface area contributed by atoms with E-state index in [2.05, 4.69) is 19.2 Å². The lowest BCUT2D eigenvalue weighted by molar-refractivity contribution is -0.119. The standard InChI is InChI=1S/C10H17NO2/c1-6(12)9-7-4-10(2,3)13-8(7)5-11-9/h7-9,11H,4-5H2,1-3H3/t7-,8?,9+/m0/s1. The number of Topliss-reactive ketones (excluding diaryl/α,β-unsaturated/α-hetero) is 1. The minimum Gasteiger partial charge on any atom is -0.371 e. The van der Waals surface area contributed by atoms with Crippen LogP contribution in [-0.2, 0) is 9.53 Å². The van der Waals surface area contributed by atoms with Crippen molar-refractivity contribution in [3.63, 3.8) is 0 Å². The molecule has 0 aromatic carbocycles. The molecule has 2 rings (SSSR count). The number of rotatable bonds is 1. The molecule has 3 atom stereocenters. The van der Waals surface area contributed by atoms with Crippen molar-refractivity contribution in [2.75, 3.05) is 6.54 Å². The first kappa shape index (κ1) is 9.16. The monoisotopic (exact) mass is 183 g/mol. The van der Waals surface area contributed by atoms with E-state index in [1.165, 1.54) is 0 Å². The van der Waals surface area contributed by atoms with E-state index in [1.54, 1.807) is 6.92 Å². The van der Waals surface area contributed by atoms with Crippen molar-refractivity contribution in [1.82, 2.24) is 5.32 Å². The first-order valence-corrected chi connectivity index (χ1v) is 4.91. The predicted octanol–water partition coefficient (Wildman–Crippen LogP) is 0.731. The van der Waals surface area contributed by atoms with Gasteiger partial charge in [0.15, 0.2) is 0 Å². The van der Waals surface area contributed by atoms with Crippen LogP contribution in [-0.4, -0.2) is 30.1 Å². The molecule has 0 aliphatic carbocycles. The van der Waals surface area contributed by atoms with Gasteiger partial charge in [-0.3, -0.25) is 4.79 Å². The number of nitrogens with one attached hydrogen (secondary N) is 1. The maximum atomic E-state index is 11.3. The SMILES string of the molecule is CC(=O)[C@H]1NCC2OC(C)(C)C[C@@H]21. The van der Waals surface area contributed by atoms with Crippen LogP contribution in [0.2, 0.25) is 0 Å². The van der Waals surface area contributed by atoms with Crippen molar-refractivity contribution in [3.05, 3.63) is 0 Å². The number of hydrogen-bond donors (Lipinski definition) is 1. The molecule has 2 fully saturated rings. The second-order valence-corrected chi connectivity index (χ2v) is 4.78. The lowest BCUT2D eigenvalue weighted by atomic mass is 9.89. The molecule has 3 nitrogen and oxygen atoms in total. The van der Waals surface area contributed by atoms with Gasteiger partial charge in [-0.2, -0.15) is 0 Å². The smallest absolute Gasteiger partial charge is 0.147 e. The molecule has 3 heteroatoms. The Balaban J connectivity index is 2.12. The topological polar surface area (TPSA) is 38.3 Å². The van der Waals surface area contributed by atoms with Crippen LogP contribution in [0.15, 0.2) is 0 Å². The van der Waals surface area contributed by atoms with Crippen molar-refractivity contribution in [3.8, 4) is 0 Å². The summed E-state index contributed by atoms with van der Waals surface area (Å²) in [4.78, 5) is 11.3. The Bertz CT molecular complexity index is 237. The number of fused-ring (bicyclic) bond motifs is 1. The minimum atomic E-state index is -0.0366. The van der Waals surface area contributed by atoms with Crippen molar-refractivity contribution in [2.45, 2.75) is 44.9 Å². The molecule has 0 saturated carbocycles. The van der Waals surface area contributed by atoms with Crippen LogP contribution in [0, 0.1) is 5.92 Å². The van der Waals surface area contributed by atoms with Crippen molar-refractivity contribution in [2.24, 2.45) is 5.92 Å². The van der Waals surface area contributed by atoms with Crippen molar-refractivity contribution < 1.29 is 9.53 Å². The summed E-state index contributed by atoms with van der Waals surface area (Å²) >= 11 is 0. The summed E-state index contributed by atoms with van der Waals surface area (Å²) < 4.78 is 5.84. The molecule has 1 N–H and O–H groups in total. The van der Waals surface area contributed by atoms with E-state index in [0.29, 0.717) is 5.92 Å². The Hall–Kier alpha value is -0.410. The molecule has 2 aliphatic rings. The highest BCUT2D eigenvalue weighted by atomic mass is 16.5. The molecule has 2 aliphatic heterocycles. The molecule has 0 aromatic rings. The number of hydrogen-bond acceptors (Lipinski definition) is 3. The average Bonchev–Trinajstić information content (AvgIpc) is 2.41. The molecule has 0 spiro atoms. The van der Waals surface area contributed by atoms with Gasteiger partial charge in [-0.1, -0.05) is 0 Å². The largest absolute Gasteiger partial charge is 0.371 e. The van der Waals surface area contributed by atoms with Crippen LogP contribution in [0.5, 0.6) is 0 Å². The van der Waals surface area contributed by atoms with Crippen LogP contribution in [0.1, 0.15) is 27.2 Å². The fourth-order valence-corrected chi connectivity index (χ4v) is 2.61. The Morgan fingerprint density at radius 3 is 2.85 bits per heavy atom. The quantitative estimate of drug-likeness (QED) is 0.651. The molecule has 0 radical (unpaired) electrons. The average molecular weight is 183 g/mol. The maximum Gasteiger partial charge on any atom is 0.147 e. The van der Waals surface area contributed by atoms with Crippen LogP contribution in [0.3, 0.4) is 0 Å². The fraction of sp³-hybridized carbons (Fsp3) is 0.900. The zero-order valence-corrected chi connectivity index (χ0v) is 8.46. The summed E-state index contributed by atoms with van der Waals surface area (Å²) in [5.41, 5.74) is -0.0366. The van der Waals surface area contributed by atoms with E-state index < -0.39 is 0 Å². The Morgan fingerprint density at radius 1 is 1.54 bits per heavy atom. The zero-order chi connectivity index (χ0) is 9.64. The lowest BCUT2D eigenvalue weighted by Crippen LogP contribution is -2.35. The van der Waals surface area contributed by atoms with Gasteiger partial charge in [0.25, 0.3) is 0 Å². The van der Waals surface area contributed by atoms with Crippen molar-refractivity contribution >= 4 is 5.78 Å². The first-order valence-electron chi connectivity index (χ1n) is 4.91. The second kappa shape index (κ2) is 2.79. The molecule has 2 heterocycles. The Morgan fingerprint density at radius 2 is 2.23 bits per heavy atom. The summed E-state index contributed by atoms with van der Waals surface area (Å²) in [5, 5.41) is 3.22. The number of ether oxygens (including phenoxy) is 1. The van der Waals surface area contributed by atoms with Gasteiger partial charge in [-0.15, -0.1) is 0 Å². The first-order chi connectivity index (χ1) is 5.99. The molecule has 74 valence electrons. The summed E-state index contributed by atoms with van der Waals surface area (Å²) in [6, 6.07) is 0.0341. The summed E-state index contributed by atoms with van der Waals surface area (Å²) in [5.74, 6) is 0.640. The van der Waals surface area contributed by atoms with E-state index in [-0.39, 0.29) is 23.5 Å². The number of carbonyl (C=O) groups excluding carboxylic acids is 1. The molecule has 1 unspecified atom stereocenters. The fourth-order valence-electron chi connectivity index (χ4n) is 2.61. The third-order valence-corrected chi connectivity index (χ3v) is 3.08. The Labute approximate surface area is 78.8 Å². The van der Waals surface area contributed by atoms with Crippen molar-refractivity contribution in [1.29, 1.82) is 0 Å².